The molecule has 1 aromatic heterocycles. The number of rotatable bonds is 3. The molecule has 7 heteroatoms. The lowest BCUT2D eigenvalue weighted by atomic mass is 10.1. The summed E-state index contributed by atoms with van der Waals surface area (Å²) < 4.78 is 6.09. The SMILES string of the molecule is C[C@@H](C(=O)N1CCOC[C@H]1C(=O)O)c1ccc(Br)s1. The van der Waals surface area contributed by atoms with Gasteiger partial charge < -0.3 is 14.7 Å². The van der Waals surface area contributed by atoms with Crippen molar-refractivity contribution in [2.24, 2.45) is 0 Å². The Balaban J connectivity index is 2.15. The van der Waals surface area contributed by atoms with Crippen molar-refractivity contribution in [3.63, 3.8) is 0 Å². The molecule has 0 unspecified atom stereocenters. The number of halogens is 1. The molecule has 0 spiro atoms. The summed E-state index contributed by atoms with van der Waals surface area (Å²) >= 11 is 4.85. The highest BCUT2D eigenvalue weighted by Gasteiger charge is 2.35. The molecule has 1 aromatic rings. The normalized spacial score (nSPS) is 21.2. The van der Waals surface area contributed by atoms with Crippen LogP contribution in [-0.2, 0) is 14.3 Å². The Hall–Kier alpha value is -0.920. The van der Waals surface area contributed by atoms with E-state index in [1.54, 1.807) is 6.92 Å². The van der Waals surface area contributed by atoms with Crippen LogP contribution in [0.25, 0.3) is 0 Å². The average molecular weight is 348 g/mol. The molecule has 1 fully saturated rings. The predicted octanol–water partition coefficient (Wildman–Crippen LogP) is 1.93. The molecular weight excluding hydrogens is 334 g/mol. The van der Waals surface area contributed by atoms with Crippen molar-refractivity contribution in [2.45, 2.75) is 18.9 Å². The third-order valence-electron chi connectivity index (χ3n) is 3.09. The molecule has 1 amide bonds. The number of morpholine rings is 1. The van der Waals surface area contributed by atoms with Crippen LogP contribution in [0.3, 0.4) is 0 Å². The van der Waals surface area contributed by atoms with E-state index >= 15 is 0 Å². The molecule has 1 aliphatic rings. The second-order valence-corrected chi connectivity index (χ2v) is 6.82. The van der Waals surface area contributed by atoms with Gasteiger partial charge in [-0.1, -0.05) is 0 Å². The Labute approximate surface area is 123 Å². The van der Waals surface area contributed by atoms with Crippen molar-refractivity contribution in [3.8, 4) is 0 Å². The van der Waals surface area contributed by atoms with Crippen LogP contribution in [0.1, 0.15) is 17.7 Å². The van der Waals surface area contributed by atoms with Gasteiger partial charge in [-0.25, -0.2) is 4.79 Å². The Kier molecular flexibility index (Phi) is 4.59. The van der Waals surface area contributed by atoms with Crippen molar-refractivity contribution >= 4 is 39.1 Å². The molecule has 19 heavy (non-hydrogen) atoms. The van der Waals surface area contributed by atoms with Crippen molar-refractivity contribution in [1.29, 1.82) is 0 Å². The van der Waals surface area contributed by atoms with Gasteiger partial charge in [0.2, 0.25) is 5.91 Å². The predicted molar refractivity (Wildman–Crippen MR) is 74.4 cm³/mol. The molecule has 0 aromatic carbocycles. The average Bonchev–Trinajstić information content (AvgIpc) is 2.83. The van der Waals surface area contributed by atoms with Gasteiger partial charge in [0.1, 0.15) is 0 Å². The molecule has 2 heterocycles. The van der Waals surface area contributed by atoms with Crippen molar-refractivity contribution in [2.75, 3.05) is 19.8 Å². The van der Waals surface area contributed by atoms with Gasteiger partial charge in [-0.15, -0.1) is 11.3 Å². The van der Waals surface area contributed by atoms with E-state index in [0.29, 0.717) is 13.2 Å². The van der Waals surface area contributed by atoms with Crippen LogP contribution in [0.4, 0.5) is 0 Å². The first-order chi connectivity index (χ1) is 9.00. The van der Waals surface area contributed by atoms with Gasteiger partial charge >= 0.3 is 5.97 Å². The minimum absolute atomic E-state index is 0.0575. The van der Waals surface area contributed by atoms with E-state index in [9.17, 15) is 9.59 Å². The highest BCUT2D eigenvalue weighted by molar-refractivity contribution is 9.11. The summed E-state index contributed by atoms with van der Waals surface area (Å²) in [5.74, 6) is -1.52. The third-order valence-corrected chi connectivity index (χ3v) is 4.89. The summed E-state index contributed by atoms with van der Waals surface area (Å²) in [6, 6.07) is 2.89. The van der Waals surface area contributed by atoms with Crippen molar-refractivity contribution < 1.29 is 19.4 Å². The van der Waals surface area contributed by atoms with Crippen molar-refractivity contribution in [3.05, 3.63) is 20.8 Å². The minimum atomic E-state index is -1.02. The third kappa shape index (κ3) is 3.16. The number of amides is 1. The molecule has 0 saturated carbocycles. The number of ether oxygens (including phenoxy) is 1. The Morgan fingerprint density at radius 3 is 2.89 bits per heavy atom. The molecule has 0 bridgehead atoms. The van der Waals surface area contributed by atoms with Crippen LogP contribution in [-0.4, -0.2) is 47.7 Å². The van der Waals surface area contributed by atoms with Crippen LogP contribution < -0.4 is 0 Å². The zero-order valence-electron chi connectivity index (χ0n) is 10.3. The van der Waals surface area contributed by atoms with E-state index in [1.165, 1.54) is 16.2 Å². The quantitative estimate of drug-likeness (QED) is 0.907. The lowest BCUT2D eigenvalue weighted by Gasteiger charge is -2.34. The summed E-state index contributed by atoms with van der Waals surface area (Å²) in [7, 11) is 0. The Bertz CT molecular complexity index is 490. The topological polar surface area (TPSA) is 66.8 Å². The molecular formula is C12H14BrNO4S. The summed E-state index contributed by atoms with van der Waals surface area (Å²) in [6.07, 6.45) is 0. The highest BCUT2D eigenvalue weighted by atomic mass is 79.9. The summed E-state index contributed by atoms with van der Waals surface area (Å²) in [4.78, 5) is 25.9. The second kappa shape index (κ2) is 6.02. The van der Waals surface area contributed by atoms with Gasteiger partial charge in [-0.2, -0.15) is 0 Å². The molecule has 1 aliphatic heterocycles. The molecule has 104 valence electrons. The Morgan fingerprint density at radius 1 is 1.58 bits per heavy atom. The number of carbonyl (C=O) groups is 2. The van der Waals surface area contributed by atoms with E-state index in [2.05, 4.69) is 15.9 Å². The van der Waals surface area contributed by atoms with E-state index < -0.39 is 12.0 Å². The van der Waals surface area contributed by atoms with Gasteiger partial charge in [0.15, 0.2) is 6.04 Å². The van der Waals surface area contributed by atoms with Crippen LogP contribution in [0.15, 0.2) is 15.9 Å². The maximum atomic E-state index is 12.4. The standard InChI is InChI=1S/C12H14BrNO4S/c1-7(9-2-3-10(13)19-9)11(15)14-4-5-18-6-8(14)12(16)17/h2-3,7-8H,4-6H2,1H3,(H,16,17)/t7-,8+/m1/s1. The fourth-order valence-electron chi connectivity index (χ4n) is 2.00. The summed E-state index contributed by atoms with van der Waals surface area (Å²) in [5.41, 5.74) is 0. The van der Waals surface area contributed by atoms with Gasteiger partial charge in [0.25, 0.3) is 0 Å². The van der Waals surface area contributed by atoms with Crippen LogP contribution >= 0.6 is 27.3 Å². The van der Waals surface area contributed by atoms with E-state index in [1.807, 2.05) is 12.1 Å². The number of carboxylic acids is 1. The number of carbonyl (C=O) groups excluding carboxylic acids is 1. The number of nitrogens with zero attached hydrogens (tertiary/aromatic N) is 1. The molecule has 1 N–H and O–H groups in total. The molecule has 5 nitrogen and oxygen atoms in total. The monoisotopic (exact) mass is 347 g/mol. The first-order valence-corrected chi connectivity index (χ1v) is 7.48. The van der Waals surface area contributed by atoms with E-state index in [0.717, 1.165) is 8.66 Å². The lowest BCUT2D eigenvalue weighted by Crippen LogP contribution is -2.53. The smallest absolute Gasteiger partial charge is 0.328 e. The van der Waals surface area contributed by atoms with Crippen LogP contribution in [0.2, 0.25) is 0 Å². The fraction of sp³-hybridized carbons (Fsp3) is 0.500. The molecule has 1 saturated heterocycles. The van der Waals surface area contributed by atoms with Crippen LogP contribution in [0, 0.1) is 0 Å². The highest BCUT2D eigenvalue weighted by Crippen LogP contribution is 2.30. The molecule has 2 rings (SSSR count). The number of thiophene rings is 1. The van der Waals surface area contributed by atoms with Gasteiger partial charge in [-0.3, -0.25) is 4.79 Å². The number of hydrogen-bond donors (Lipinski definition) is 1. The molecule has 2 atom stereocenters. The largest absolute Gasteiger partial charge is 0.480 e. The zero-order valence-corrected chi connectivity index (χ0v) is 12.7. The number of hydrogen-bond acceptors (Lipinski definition) is 4. The van der Waals surface area contributed by atoms with Gasteiger partial charge in [-0.05, 0) is 35.0 Å². The molecule has 0 radical (unpaired) electrons. The van der Waals surface area contributed by atoms with E-state index in [-0.39, 0.29) is 18.4 Å². The second-order valence-electron chi connectivity index (χ2n) is 4.32. The first-order valence-electron chi connectivity index (χ1n) is 5.87. The number of aliphatic carboxylic acids is 1. The van der Waals surface area contributed by atoms with E-state index in [4.69, 9.17) is 9.84 Å². The summed E-state index contributed by atoms with van der Waals surface area (Å²) in [6.45, 7) is 2.57. The minimum Gasteiger partial charge on any atom is -0.480 e. The zero-order chi connectivity index (χ0) is 14.0. The fourth-order valence-corrected chi connectivity index (χ4v) is 3.47. The number of carboxylic acid groups (broad SMARTS) is 1. The van der Waals surface area contributed by atoms with Crippen molar-refractivity contribution in [1.82, 2.24) is 4.90 Å². The van der Waals surface area contributed by atoms with Gasteiger partial charge in [0, 0.05) is 11.4 Å². The molecule has 0 aliphatic carbocycles. The maximum absolute atomic E-state index is 12.4. The summed E-state index contributed by atoms with van der Waals surface area (Å²) in [5, 5.41) is 9.14. The maximum Gasteiger partial charge on any atom is 0.328 e. The van der Waals surface area contributed by atoms with Crippen LogP contribution in [0.5, 0.6) is 0 Å². The first kappa shape index (κ1) is 14.5. The van der Waals surface area contributed by atoms with Gasteiger partial charge in [0.05, 0.1) is 22.9 Å². The Morgan fingerprint density at radius 2 is 2.32 bits per heavy atom. The lowest BCUT2D eigenvalue weighted by molar-refractivity contribution is -0.158.